The molecule has 2 saturated carbocycles. The Hall–Kier alpha value is -1.75. The van der Waals surface area contributed by atoms with Crippen molar-refractivity contribution in [2.24, 2.45) is 5.41 Å². The zero-order chi connectivity index (χ0) is 20.4. The second-order valence-electron chi connectivity index (χ2n) is 9.88. The first kappa shape index (κ1) is 20.5. The molecule has 2 aliphatic carbocycles. The van der Waals surface area contributed by atoms with Crippen LogP contribution in [0.3, 0.4) is 0 Å². The van der Waals surface area contributed by atoms with Crippen molar-refractivity contribution in [1.82, 2.24) is 10.2 Å². The Balaban J connectivity index is 1.37. The Morgan fingerprint density at radius 2 is 1.90 bits per heavy atom. The zero-order valence-corrected chi connectivity index (χ0v) is 18.2. The van der Waals surface area contributed by atoms with Gasteiger partial charge in [0, 0.05) is 31.2 Å². The van der Waals surface area contributed by atoms with Crippen LogP contribution in [0.15, 0.2) is 18.2 Å². The molecule has 1 aromatic rings. The van der Waals surface area contributed by atoms with Crippen LogP contribution < -0.4 is 14.8 Å². The van der Waals surface area contributed by atoms with Crippen molar-refractivity contribution >= 4 is 5.91 Å². The Morgan fingerprint density at radius 1 is 1.14 bits per heavy atom. The van der Waals surface area contributed by atoms with Gasteiger partial charge in [0.1, 0.15) is 17.6 Å². The van der Waals surface area contributed by atoms with Gasteiger partial charge in [0.2, 0.25) is 0 Å². The molecule has 5 heteroatoms. The molecule has 1 atom stereocenters. The lowest BCUT2D eigenvalue weighted by molar-refractivity contribution is 0.0395. The molecular formula is C24H36N2O3. The van der Waals surface area contributed by atoms with Gasteiger partial charge in [-0.15, -0.1) is 0 Å². The monoisotopic (exact) mass is 400 g/mol. The molecule has 0 bridgehead atoms. The SMILES string of the molecule is COc1ccc(C(=O)NC2CC2)c(OC2CCN(C3CCCC(C)(C)C3)CC2)c1. The van der Waals surface area contributed by atoms with Gasteiger partial charge in [-0.25, -0.2) is 0 Å². The molecule has 1 heterocycles. The second-order valence-corrected chi connectivity index (χ2v) is 9.88. The molecule has 0 radical (unpaired) electrons. The largest absolute Gasteiger partial charge is 0.497 e. The molecule has 3 fully saturated rings. The fraction of sp³-hybridized carbons (Fsp3) is 0.708. The lowest BCUT2D eigenvalue weighted by atomic mass is 9.74. The highest BCUT2D eigenvalue weighted by molar-refractivity contribution is 5.97. The summed E-state index contributed by atoms with van der Waals surface area (Å²) in [6, 6.07) is 6.57. The molecule has 1 amide bonds. The summed E-state index contributed by atoms with van der Waals surface area (Å²) in [6.07, 6.45) is 9.67. The number of ether oxygens (including phenoxy) is 2. The summed E-state index contributed by atoms with van der Waals surface area (Å²) >= 11 is 0. The maximum absolute atomic E-state index is 12.6. The molecule has 1 unspecified atom stereocenters. The van der Waals surface area contributed by atoms with E-state index >= 15 is 0 Å². The fourth-order valence-electron chi connectivity index (χ4n) is 4.91. The number of carbonyl (C=O) groups is 1. The third-order valence-electron chi connectivity index (χ3n) is 6.81. The Kier molecular flexibility index (Phi) is 6.05. The molecular weight excluding hydrogens is 364 g/mol. The van der Waals surface area contributed by atoms with Crippen molar-refractivity contribution in [3.63, 3.8) is 0 Å². The molecule has 3 aliphatic rings. The molecule has 1 N–H and O–H groups in total. The van der Waals surface area contributed by atoms with Gasteiger partial charge in [-0.2, -0.15) is 0 Å². The van der Waals surface area contributed by atoms with E-state index in [2.05, 4.69) is 24.1 Å². The quantitative estimate of drug-likeness (QED) is 0.769. The van der Waals surface area contributed by atoms with Gasteiger partial charge in [0.15, 0.2) is 0 Å². The van der Waals surface area contributed by atoms with E-state index in [1.807, 2.05) is 18.2 Å². The Labute approximate surface area is 175 Å². The van der Waals surface area contributed by atoms with Gasteiger partial charge in [0.05, 0.1) is 12.7 Å². The minimum atomic E-state index is -0.0352. The summed E-state index contributed by atoms with van der Waals surface area (Å²) < 4.78 is 11.7. The predicted octanol–water partition coefficient (Wildman–Crippen LogP) is 4.40. The van der Waals surface area contributed by atoms with Crippen LogP contribution in [0.25, 0.3) is 0 Å². The Bertz CT molecular complexity index is 721. The minimum absolute atomic E-state index is 0.0352. The molecule has 0 spiro atoms. The number of hydrogen-bond donors (Lipinski definition) is 1. The first-order valence-electron chi connectivity index (χ1n) is 11.3. The average molecular weight is 401 g/mol. The Morgan fingerprint density at radius 3 is 2.55 bits per heavy atom. The first-order chi connectivity index (χ1) is 13.9. The van der Waals surface area contributed by atoms with E-state index in [-0.39, 0.29) is 12.0 Å². The molecule has 1 saturated heterocycles. The van der Waals surface area contributed by atoms with Gasteiger partial charge in [-0.3, -0.25) is 4.79 Å². The van der Waals surface area contributed by atoms with Crippen molar-refractivity contribution in [3.05, 3.63) is 23.8 Å². The number of carbonyl (C=O) groups excluding carboxylic acids is 1. The van der Waals surface area contributed by atoms with E-state index in [1.165, 1.54) is 25.7 Å². The predicted molar refractivity (Wildman–Crippen MR) is 115 cm³/mol. The van der Waals surface area contributed by atoms with Crippen LogP contribution in [0.4, 0.5) is 0 Å². The van der Waals surface area contributed by atoms with E-state index in [1.54, 1.807) is 7.11 Å². The average Bonchev–Trinajstić information content (AvgIpc) is 3.51. The van der Waals surface area contributed by atoms with Gasteiger partial charge in [-0.1, -0.05) is 20.3 Å². The normalized spacial score (nSPS) is 25.4. The number of amides is 1. The molecule has 4 rings (SSSR count). The number of hydrogen-bond acceptors (Lipinski definition) is 4. The standard InChI is InChI=1S/C24H36N2O3/c1-24(2)12-4-5-18(16-24)26-13-10-19(11-14-26)29-22-15-20(28-3)8-9-21(22)23(27)25-17-6-7-17/h8-9,15,17-19H,4-7,10-14,16H2,1-3H3,(H,25,27). The summed E-state index contributed by atoms with van der Waals surface area (Å²) in [6.45, 7) is 6.98. The second kappa shape index (κ2) is 8.55. The number of nitrogens with one attached hydrogen (secondary N) is 1. The molecule has 0 aromatic heterocycles. The summed E-state index contributed by atoms with van der Waals surface area (Å²) in [7, 11) is 1.65. The number of nitrogens with zero attached hydrogens (tertiary/aromatic N) is 1. The summed E-state index contributed by atoms with van der Waals surface area (Å²) in [5.74, 6) is 1.34. The van der Waals surface area contributed by atoms with E-state index in [0.29, 0.717) is 22.8 Å². The number of piperidine rings is 1. The first-order valence-corrected chi connectivity index (χ1v) is 11.3. The molecule has 1 aromatic carbocycles. The van der Waals surface area contributed by atoms with Gasteiger partial charge < -0.3 is 19.7 Å². The third kappa shape index (κ3) is 5.25. The molecule has 1 aliphatic heterocycles. The van der Waals surface area contributed by atoms with Crippen molar-refractivity contribution in [2.45, 2.75) is 83.4 Å². The zero-order valence-electron chi connectivity index (χ0n) is 18.2. The lowest BCUT2D eigenvalue weighted by Gasteiger charge is -2.44. The van der Waals surface area contributed by atoms with Crippen molar-refractivity contribution in [1.29, 1.82) is 0 Å². The lowest BCUT2D eigenvalue weighted by Crippen LogP contribution is -2.47. The van der Waals surface area contributed by atoms with Crippen molar-refractivity contribution < 1.29 is 14.3 Å². The van der Waals surface area contributed by atoms with Crippen LogP contribution in [-0.2, 0) is 0 Å². The highest BCUT2D eigenvalue weighted by Gasteiger charge is 2.34. The highest BCUT2D eigenvalue weighted by atomic mass is 16.5. The highest BCUT2D eigenvalue weighted by Crippen LogP contribution is 2.38. The molecule has 29 heavy (non-hydrogen) atoms. The summed E-state index contributed by atoms with van der Waals surface area (Å²) in [5, 5.41) is 3.08. The van der Waals surface area contributed by atoms with Crippen LogP contribution in [-0.4, -0.2) is 49.2 Å². The van der Waals surface area contributed by atoms with Crippen LogP contribution in [0, 0.1) is 5.41 Å². The topological polar surface area (TPSA) is 50.8 Å². The van der Waals surface area contributed by atoms with Crippen molar-refractivity contribution in [2.75, 3.05) is 20.2 Å². The van der Waals surface area contributed by atoms with E-state index in [4.69, 9.17) is 9.47 Å². The minimum Gasteiger partial charge on any atom is -0.497 e. The van der Waals surface area contributed by atoms with Crippen LogP contribution in [0.2, 0.25) is 0 Å². The van der Waals surface area contributed by atoms with E-state index in [9.17, 15) is 4.79 Å². The number of benzene rings is 1. The van der Waals surface area contributed by atoms with Crippen LogP contribution >= 0.6 is 0 Å². The van der Waals surface area contributed by atoms with Crippen molar-refractivity contribution in [3.8, 4) is 11.5 Å². The smallest absolute Gasteiger partial charge is 0.255 e. The number of methoxy groups -OCH3 is 1. The van der Waals surface area contributed by atoms with E-state index in [0.717, 1.165) is 50.6 Å². The molecule has 5 nitrogen and oxygen atoms in total. The molecule has 160 valence electrons. The maximum atomic E-state index is 12.6. The number of likely N-dealkylation sites (tertiary alicyclic amines) is 1. The fourth-order valence-corrected chi connectivity index (χ4v) is 4.91. The van der Waals surface area contributed by atoms with Gasteiger partial charge in [-0.05, 0) is 62.5 Å². The third-order valence-corrected chi connectivity index (χ3v) is 6.81. The van der Waals surface area contributed by atoms with Crippen LogP contribution in [0.5, 0.6) is 11.5 Å². The van der Waals surface area contributed by atoms with Gasteiger partial charge in [0.25, 0.3) is 5.91 Å². The number of rotatable bonds is 6. The van der Waals surface area contributed by atoms with Gasteiger partial charge >= 0.3 is 0 Å². The maximum Gasteiger partial charge on any atom is 0.255 e. The summed E-state index contributed by atoms with van der Waals surface area (Å²) in [5.41, 5.74) is 1.09. The van der Waals surface area contributed by atoms with E-state index < -0.39 is 0 Å². The summed E-state index contributed by atoms with van der Waals surface area (Å²) in [4.78, 5) is 15.3. The van der Waals surface area contributed by atoms with Crippen LogP contribution in [0.1, 0.15) is 75.6 Å².